The molecular weight excluding hydrogens is 275 g/mol. The molecule has 0 spiro atoms. The molecule has 0 saturated heterocycles. The predicted octanol–water partition coefficient (Wildman–Crippen LogP) is 4.00. The topological polar surface area (TPSA) is 24.9 Å². The number of fused-ring (bicyclic) bond motifs is 1. The molecular formula is C11H10BrClN2. The van der Waals surface area contributed by atoms with Gasteiger partial charge in [0.1, 0.15) is 0 Å². The summed E-state index contributed by atoms with van der Waals surface area (Å²) in [6, 6.07) is 5.78. The average molecular weight is 286 g/mol. The third-order valence-electron chi connectivity index (χ3n) is 2.26. The molecule has 1 N–H and O–H groups in total. The van der Waals surface area contributed by atoms with E-state index in [2.05, 4.69) is 26.2 Å². The van der Waals surface area contributed by atoms with Crippen LogP contribution in [-0.4, -0.2) is 12.0 Å². The van der Waals surface area contributed by atoms with Gasteiger partial charge in [-0.3, -0.25) is 4.98 Å². The van der Waals surface area contributed by atoms with Crippen LogP contribution in [0, 0.1) is 6.92 Å². The fourth-order valence-electron chi connectivity index (χ4n) is 1.59. The van der Waals surface area contributed by atoms with E-state index in [1.165, 1.54) is 0 Å². The van der Waals surface area contributed by atoms with Gasteiger partial charge < -0.3 is 5.32 Å². The second kappa shape index (κ2) is 3.99. The smallest absolute Gasteiger partial charge is 0.0923 e. The molecule has 0 atom stereocenters. The van der Waals surface area contributed by atoms with E-state index in [0.29, 0.717) is 5.02 Å². The molecule has 4 heteroatoms. The van der Waals surface area contributed by atoms with E-state index in [1.807, 2.05) is 32.2 Å². The number of benzene rings is 1. The van der Waals surface area contributed by atoms with E-state index < -0.39 is 0 Å². The Morgan fingerprint density at radius 2 is 2.13 bits per heavy atom. The number of hydrogen-bond donors (Lipinski definition) is 1. The molecule has 0 unspecified atom stereocenters. The number of aromatic nitrogens is 1. The first-order valence-corrected chi connectivity index (χ1v) is 5.73. The van der Waals surface area contributed by atoms with Gasteiger partial charge in [0.15, 0.2) is 0 Å². The van der Waals surface area contributed by atoms with Crippen molar-refractivity contribution in [2.45, 2.75) is 6.92 Å². The SMILES string of the molecule is CNc1cc(C)nc2c(Cl)ccc(Br)c12. The summed E-state index contributed by atoms with van der Waals surface area (Å²) in [5.41, 5.74) is 2.81. The van der Waals surface area contributed by atoms with Gasteiger partial charge >= 0.3 is 0 Å². The van der Waals surface area contributed by atoms with Crippen molar-refractivity contribution in [3.8, 4) is 0 Å². The Kier molecular flexibility index (Phi) is 2.85. The first-order valence-electron chi connectivity index (χ1n) is 4.56. The summed E-state index contributed by atoms with van der Waals surface area (Å²) in [4.78, 5) is 4.44. The summed E-state index contributed by atoms with van der Waals surface area (Å²) < 4.78 is 0.999. The molecule has 0 amide bonds. The fraction of sp³-hybridized carbons (Fsp3) is 0.182. The summed E-state index contributed by atoms with van der Waals surface area (Å²) in [6.45, 7) is 1.96. The minimum atomic E-state index is 0.674. The van der Waals surface area contributed by atoms with Gasteiger partial charge in [-0.15, -0.1) is 0 Å². The number of rotatable bonds is 1. The molecule has 1 aromatic heterocycles. The Morgan fingerprint density at radius 1 is 1.40 bits per heavy atom. The van der Waals surface area contributed by atoms with Crippen molar-refractivity contribution in [2.75, 3.05) is 12.4 Å². The normalized spacial score (nSPS) is 10.7. The van der Waals surface area contributed by atoms with Crippen LogP contribution in [0.4, 0.5) is 5.69 Å². The third-order valence-corrected chi connectivity index (χ3v) is 3.22. The standard InChI is InChI=1S/C11H10BrClN2/c1-6-5-9(14-2)10-7(12)3-4-8(13)11(10)15-6/h3-5H,1-2H3,(H,14,15). The number of anilines is 1. The summed E-state index contributed by atoms with van der Waals surface area (Å²) in [6.07, 6.45) is 0. The van der Waals surface area contributed by atoms with Crippen molar-refractivity contribution >= 4 is 44.1 Å². The summed E-state index contributed by atoms with van der Waals surface area (Å²) in [7, 11) is 1.89. The zero-order chi connectivity index (χ0) is 11.0. The summed E-state index contributed by atoms with van der Waals surface area (Å²) in [5.74, 6) is 0. The average Bonchev–Trinajstić information content (AvgIpc) is 2.22. The van der Waals surface area contributed by atoms with Crippen molar-refractivity contribution in [1.82, 2.24) is 4.98 Å². The Hall–Kier alpha value is -0.800. The third kappa shape index (κ3) is 1.82. The molecule has 0 fully saturated rings. The van der Waals surface area contributed by atoms with E-state index >= 15 is 0 Å². The van der Waals surface area contributed by atoms with Crippen LogP contribution in [0.1, 0.15) is 5.69 Å². The van der Waals surface area contributed by atoms with Crippen LogP contribution in [0.3, 0.4) is 0 Å². The Morgan fingerprint density at radius 3 is 2.80 bits per heavy atom. The van der Waals surface area contributed by atoms with E-state index in [1.54, 1.807) is 0 Å². The van der Waals surface area contributed by atoms with Crippen LogP contribution in [-0.2, 0) is 0 Å². The minimum absolute atomic E-state index is 0.674. The molecule has 0 radical (unpaired) electrons. The van der Waals surface area contributed by atoms with E-state index in [9.17, 15) is 0 Å². The number of nitrogens with one attached hydrogen (secondary N) is 1. The van der Waals surface area contributed by atoms with E-state index in [4.69, 9.17) is 11.6 Å². The van der Waals surface area contributed by atoms with Crippen molar-refractivity contribution in [3.63, 3.8) is 0 Å². The second-order valence-electron chi connectivity index (χ2n) is 3.31. The Labute approximate surface area is 102 Å². The van der Waals surface area contributed by atoms with Crippen LogP contribution >= 0.6 is 27.5 Å². The van der Waals surface area contributed by atoms with Gasteiger partial charge in [0.05, 0.1) is 10.5 Å². The van der Waals surface area contributed by atoms with Crippen LogP contribution in [0.15, 0.2) is 22.7 Å². The summed E-state index contributed by atoms with van der Waals surface area (Å²) in [5, 5.41) is 4.85. The molecule has 0 aliphatic rings. The second-order valence-corrected chi connectivity index (χ2v) is 4.58. The van der Waals surface area contributed by atoms with Gasteiger partial charge in [0, 0.05) is 28.3 Å². The van der Waals surface area contributed by atoms with E-state index in [-0.39, 0.29) is 0 Å². The quantitative estimate of drug-likeness (QED) is 0.856. The van der Waals surface area contributed by atoms with Gasteiger partial charge in [-0.05, 0) is 25.1 Å². The van der Waals surface area contributed by atoms with Crippen LogP contribution in [0.5, 0.6) is 0 Å². The monoisotopic (exact) mass is 284 g/mol. The molecule has 2 nitrogen and oxygen atoms in total. The molecule has 1 heterocycles. The van der Waals surface area contributed by atoms with E-state index in [0.717, 1.165) is 26.8 Å². The Balaban J connectivity index is 2.95. The lowest BCUT2D eigenvalue weighted by atomic mass is 10.1. The largest absolute Gasteiger partial charge is 0.387 e. The number of hydrogen-bond acceptors (Lipinski definition) is 2. The maximum absolute atomic E-state index is 6.12. The maximum atomic E-state index is 6.12. The molecule has 2 aromatic rings. The minimum Gasteiger partial charge on any atom is -0.387 e. The molecule has 78 valence electrons. The van der Waals surface area contributed by atoms with Gasteiger partial charge in [0.2, 0.25) is 0 Å². The zero-order valence-electron chi connectivity index (χ0n) is 8.44. The molecule has 15 heavy (non-hydrogen) atoms. The lowest BCUT2D eigenvalue weighted by molar-refractivity contribution is 1.25. The lowest BCUT2D eigenvalue weighted by Gasteiger charge is -2.09. The number of nitrogens with zero attached hydrogens (tertiary/aromatic N) is 1. The number of pyridine rings is 1. The van der Waals surface area contributed by atoms with Crippen LogP contribution in [0.25, 0.3) is 10.9 Å². The van der Waals surface area contributed by atoms with Gasteiger partial charge in [-0.2, -0.15) is 0 Å². The number of halogens is 2. The van der Waals surface area contributed by atoms with Gasteiger partial charge in [-0.25, -0.2) is 0 Å². The van der Waals surface area contributed by atoms with Crippen molar-refractivity contribution in [2.24, 2.45) is 0 Å². The predicted molar refractivity (Wildman–Crippen MR) is 68.7 cm³/mol. The molecule has 0 aliphatic carbocycles. The Bertz CT molecular complexity index is 525. The molecule has 0 bridgehead atoms. The maximum Gasteiger partial charge on any atom is 0.0923 e. The first-order chi connectivity index (χ1) is 7.13. The van der Waals surface area contributed by atoms with Gasteiger partial charge in [0.25, 0.3) is 0 Å². The highest BCUT2D eigenvalue weighted by Crippen LogP contribution is 2.34. The molecule has 2 rings (SSSR count). The van der Waals surface area contributed by atoms with Crippen molar-refractivity contribution < 1.29 is 0 Å². The highest BCUT2D eigenvalue weighted by molar-refractivity contribution is 9.10. The highest BCUT2D eigenvalue weighted by Gasteiger charge is 2.09. The molecule has 0 aliphatic heterocycles. The lowest BCUT2D eigenvalue weighted by Crippen LogP contribution is -1.94. The zero-order valence-corrected chi connectivity index (χ0v) is 10.8. The molecule has 1 aromatic carbocycles. The molecule has 0 saturated carbocycles. The van der Waals surface area contributed by atoms with Crippen LogP contribution < -0.4 is 5.32 Å². The summed E-state index contributed by atoms with van der Waals surface area (Å²) >= 11 is 9.63. The van der Waals surface area contributed by atoms with Crippen LogP contribution in [0.2, 0.25) is 5.02 Å². The fourth-order valence-corrected chi connectivity index (χ4v) is 2.33. The van der Waals surface area contributed by atoms with Crippen molar-refractivity contribution in [3.05, 3.63) is 33.4 Å². The highest BCUT2D eigenvalue weighted by atomic mass is 79.9. The van der Waals surface area contributed by atoms with Crippen molar-refractivity contribution in [1.29, 1.82) is 0 Å². The number of aryl methyl sites for hydroxylation is 1. The first kappa shape index (κ1) is 10.7. The van der Waals surface area contributed by atoms with Gasteiger partial charge in [-0.1, -0.05) is 27.5 Å².